The summed E-state index contributed by atoms with van der Waals surface area (Å²) in [5.74, 6) is 0. The van der Waals surface area contributed by atoms with Crippen molar-refractivity contribution in [2.24, 2.45) is 5.73 Å². The lowest BCUT2D eigenvalue weighted by Gasteiger charge is -2.17. The van der Waals surface area contributed by atoms with E-state index in [-0.39, 0.29) is 6.04 Å². The molecule has 0 amide bonds. The maximum atomic E-state index is 8.88. The van der Waals surface area contributed by atoms with Gasteiger partial charge in [0.2, 0.25) is 0 Å². The predicted octanol–water partition coefficient (Wildman–Crippen LogP) is 4.32. The molecule has 1 unspecified atom stereocenters. The fourth-order valence-corrected chi connectivity index (χ4v) is 2.80. The summed E-state index contributed by atoms with van der Waals surface area (Å²) >= 11 is 0. The Balaban J connectivity index is 1.87. The normalized spacial score (nSPS) is 11.5. The molecule has 0 aliphatic heterocycles. The molecule has 1 atom stereocenters. The number of anilines is 1. The molecule has 3 N–H and O–H groups in total. The number of benzene rings is 3. The molecule has 3 aromatic rings. The van der Waals surface area contributed by atoms with Gasteiger partial charge in [-0.3, -0.25) is 0 Å². The molecule has 0 aliphatic rings. The Kier molecular flexibility index (Phi) is 4.60. The van der Waals surface area contributed by atoms with E-state index >= 15 is 0 Å². The highest BCUT2D eigenvalue weighted by atomic mass is 14.8. The minimum absolute atomic E-state index is 0.177. The molecule has 24 heavy (non-hydrogen) atoms. The standard InChI is InChI=1S/C21H19N3/c1-24-20-5-3-2-4-19(20)21(23)18-12-10-17(11-13-18)16-8-6-15(14-22)7-9-16/h2-13,21,24H,23H2,1H3. The molecule has 0 bridgehead atoms. The molecule has 0 saturated carbocycles. The molecule has 0 heterocycles. The number of nitrogens with one attached hydrogen (secondary N) is 1. The number of rotatable bonds is 4. The van der Waals surface area contributed by atoms with E-state index in [1.165, 1.54) is 0 Å². The Labute approximate surface area is 142 Å². The van der Waals surface area contributed by atoms with Gasteiger partial charge in [-0.2, -0.15) is 5.26 Å². The summed E-state index contributed by atoms with van der Waals surface area (Å²) < 4.78 is 0. The van der Waals surface area contributed by atoms with E-state index in [0.717, 1.165) is 27.9 Å². The third kappa shape index (κ3) is 3.15. The van der Waals surface area contributed by atoms with E-state index in [1.54, 1.807) is 0 Å². The van der Waals surface area contributed by atoms with E-state index in [2.05, 4.69) is 35.7 Å². The molecular formula is C21H19N3. The van der Waals surface area contributed by atoms with Crippen molar-refractivity contribution in [3.63, 3.8) is 0 Å². The molecule has 0 aromatic heterocycles. The van der Waals surface area contributed by atoms with E-state index in [0.29, 0.717) is 5.56 Å². The number of hydrogen-bond donors (Lipinski definition) is 2. The minimum atomic E-state index is -0.177. The fourth-order valence-electron chi connectivity index (χ4n) is 2.80. The third-order valence-corrected chi connectivity index (χ3v) is 4.18. The van der Waals surface area contributed by atoms with E-state index < -0.39 is 0 Å². The van der Waals surface area contributed by atoms with Crippen LogP contribution in [0.25, 0.3) is 11.1 Å². The zero-order chi connectivity index (χ0) is 16.9. The monoisotopic (exact) mass is 313 g/mol. The first kappa shape index (κ1) is 15.8. The molecule has 118 valence electrons. The summed E-state index contributed by atoms with van der Waals surface area (Å²) in [6.07, 6.45) is 0. The average molecular weight is 313 g/mol. The lowest BCUT2D eigenvalue weighted by molar-refractivity contribution is 0.873. The summed E-state index contributed by atoms with van der Waals surface area (Å²) in [5, 5.41) is 12.1. The number of hydrogen-bond acceptors (Lipinski definition) is 3. The van der Waals surface area contributed by atoms with Crippen molar-refractivity contribution in [2.45, 2.75) is 6.04 Å². The minimum Gasteiger partial charge on any atom is -0.388 e. The highest BCUT2D eigenvalue weighted by Crippen LogP contribution is 2.28. The summed E-state index contributed by atoms with van der Waals surface area (Å²) in [4.78, 5) is 0. The topological polar surface area (TPSA) is 61.8 Å². The highest BCUT2D eigenvalue weighted by Gasteiger charge is 2.12. The first-order chi connectivity index (χ1) is 11.7. The lowest BCUT2D eigenvalue weighted by Crippen LogP contribution is -2.13. The molecule has 0 fully saturated rings. The summed E-state index contributed by atoms with van der Waals surface area (Å²) in [7, 11) is 1.90. The zero-order valence-corrected chi connectivity index (χ0v) is 13.5. The smallest absolute Gasteiger partial charge is 0.0991 e. The van der Waals surface area contributed by atoms with Crippen molar-refractivity contribution in [2.75, 3.05) is 12.4 Å². The van der Waals surface area contributed by atoms with Crippen LogP contribution in [-0.2, 0) is 0 Å². The molecule has 0 saturated heterocycles. The van der Waals surface area contributed by atoms with E-state index in [4.69, 9.17) is 11.0 Å². The largest absolute Gasteiger partial charge is 0.388 e. The Bertz CT molecular complexity index is 859. The van der Waals surface area contributed by atoms with Gasteiger partial charge in [-0.15, -0.1) is 0 Å². The van der Waals surface area contributed by atoms with Crippen LogP contribution in [0.2, 0.25) is 0 Å². The molecule has 0 spiro atoms. The number of nitrogens with zero attached hydrogens (tertiary/aromatic N) is 1. The van der Waals surface area contributed by atoms with Gasteiger partial charge in [0.25, 0.3) is 0 Å². The first-order valence-electron chi connectivity index (χ1n) is 7.85. The van der Waals surface area contributed by atoms with E-state index in [1.807, 2.05) is 55.6 Å². The number of nitrogens with two attached hydrogens (primary N) is 1. The molecule has 3 aromatic carbocycles. The highest BCUT2D eigenvalue weighted by molar-refractivity contribution is 5.65. The van der Waals surface area contributed by atoms with Gasteiger partial charge in [0, 0.05) is 12.7 Å². The molecule has 0 aliphatic carbocycles. The van der Waals surface area contributed by atoms with Crippen LogP contribution in [0.15, 0.2) is 72.8 Å². The van der Waals surface area contributed by atoms with E-state index in [9.17, 15) is 0 Å². The average Bonchev–Trinajstić information content (AvgIpc) is 2.67. The number of nitriles is 1. The first-order valence-corrected chi connectivity index (χ1v) is 7.85. The van der Waals surface area contributed by atoms with Crippen LogP contribution < -0.4 is 11.1 Å². The Hall–Kier alpha value is -3.09. The predicted molar refractivity (Wildman–Crippen MR) is 98.6 cm³/mol. The Morgan fingerprint density at radius 2 is 1.46 bits per heavy atom. The van der Waals surface area contributed by atoms with Crippen LogP contribution in [0.3, 0.4) is 0 Å². The van der Waals surface area contributed by atoms with Crippen molar-refractivity contribution in [3.8, 4) is 17.2 Å². The molecule has 0 radical (unpaired) electrons. The summed E-state index contributed by atoms with van der Waals surface area (Å²) in [6, 6.07) is 25.9. The van der Waals surface area contributed by atoms with Crippen LogP contribution in [0.5, 0.6) is 0 Å². The molecule has 3 nitrogen and oxygen atoms in total. The van der Waals surface area contributed by atoms with Crippen molar-refractivity contribution < 1.29 is 0 Å². The van der Waals surface area contributed by atoms with Crippen LogP contribution in [-0.4, -0.2) is 7.05 Å². The van der Waals surface area contributed by atoms with Gasteiger partial charge in [-0.05, 0) is 40.5 Å². The van der Waals surface area contributed by atoms with Crippen molar-refractivity contribution in [1.29, 1.82) is 5.26 Å². The van der Waals surface area contributed by atoms with Gasteiger partial charge in [-0.25, -0.2) is 0 Å². The zero-order valence-electron chi connectivity index (χ0n) is 13.5. The van der Waals surface area contributed by atoms with Crippen LogP contribution in [0.1, 0.15) is 22.7 Å². The number of para-hydroxylation sites is 1. The van der Waals surface area contributed by atoms with Gasteiger partial charge >= 0.3 is 0 Å². The Morgan fingerprint density at radius 3 is 2.04 bits per heavy atom. The lowest BCUT2D eigenvalue weighted by atomic mass is 9.95. The van der Waals surface area contributed by atoms with Gasteiger partial charge in [-0.1, -0.05) is 54.6 Å². The van der Waals surface area contributed by atoms with Crippen LogP contribution in [0, 0.1) is 11.3 Å². The second kappa shape index (κ2) is 6.99. The SMILES string of the molecule is CNc1ccccc1C(N)c1ccc(-c2ccc(C#N)cc2)cc1. The quantitative estimate of drug-likeness (QED) is 0.754. The van der Waals surface area contributed by atoms with Gasteiger partial charge in [0.1, 0.15) is 0 Å². The Morgan fingerprint density at radius 1 is 0.875 bits per heavy atom. The molecular weight excluding hydrogens is 294 g/mol. The summed E-state index contributed by atoms with van der Waals surface area (Å²) in [6.45, 7) is 0. The maximum Gasteiger partial charge on any atom is 0.0991 e. The summed E-state index contributed by atoms with van der Waals surface area (Å²) in [5.41, 5.74) is 12.5. The van der Waals surface area contributed by atoms with Crippen LogP contribution >= 0.6 is 0 Å². The fraction of sp³-hybridized carbons (Fsp3) is 0.0952. The molecule has 3 heteroatoms. The third-order valence-electron chi connectivity index (χ3n) is 4.18. The molecule has 3 rings (SSSR count). The van der Waals surface area contributed by atoms with Gasteiger partial charge in [0.05, 0.1) is 17.7 Å². The van der Waals surface area contributed by atoms with Crippen molar-refractivity contribution in [1.82, 2.24) is 0 Å². The van der Waals surface area contributed by atoms with Crippen LogP contribution in [0.4, 0.5) is 5.69 Å². The van der Waals surface area contributed by atoms with Crippen molar-refractivity contribution >= 4 is 5.69 Å². The van der Waals surface area contributed by atoms with Gasteiger partial charge < -0.3 is 11.1 Å². The second-order valence-corrected chi connectivity index (χ2v) is 5.63. The maximum absolute atomic E-state index is 8.88. The second-order valence-electron chi connectivity index (χ2n) is 5.63. The van der Waals surface area contributed by atoms with Crippen molar-refractivity contribution in [3.05, 3.63) is 89.5 Å². The van der Waals surface area contributed by atoms with Gasteiger partial charge in [0.15, 0.2) is 0 Å².